The Bertz CT molecular complexity index is 594. The van der Waals surface area contributed by atoms with Gasteiger partial charge in [0.15, 0.2) is 0 Å². The van der Waals surface area contributed by atoms with Crippen molar-refractivity contribution < 1.29 is 33.9 Å². The van der Waals surface area contributed by atoms with Crippen LogP contribution in [0.3, 0.4) is 0 Å². The van der Waals surface area contributed by atoms with E-state index in [1.807, 2.05) is 7.05 Å². The molecule has 0 atom stereocenters. The fourth-order valence-corrected chi connectivity index (χ4v) is 6.56. The molecule has 0 aromatic carbocycles. The lowest BCUT2D eigenvalue weighted by Gasteiger charge is -2.40. The van der Waals surface area contributed by atoms with Crippen LogP contribution in [0.5, 0.6) is 0 Å². The van der Waals surface area contributed by atoms with Crippen LogP contribution in [0.25, 0.3) is 0 Å². The van der Waals surface area contributed by atoms with Crippen molar-refractivity contribution >= 4 is 0 Å². The Hall–Kier alpha value is -0.250. The van der Waals surface area contributed by atoms with Gasteiger partial charge in [-0.2, -0.15) is 0 Å². The topological polar surface area (TPSA) is 8.81 Å². The minimum absolute atomic E-state index is 0. The number of aryl methyl sites for hydroxylation is 2. The number of hydrogen-bond acceptors (Lipinski definition) is 0. The molecular weight excluding hydrogens is 593 g/mol. The van der Waals surface area contributed by atoms with Crippen molar-refractivity contribution in [3.05, 3.63) is 18.7 Å². The third-order valence-electron chi connectivity index (χ3n) is 9.54. The summed E-state index contributed by atoms with van der Waals surface area (Å²) in [5.41, 5.74) is 0. The van der Waals surface area contributed by atoms with E-state index >= 15 is 0 Å². The highest BCUT2D eigenvalue weighted by atomic mass is 35.5. The molecular formula is C40H83Cl2N3. The average molecular weight is 677 g/mol. The molecule has 45 heavy (non-hydrogen) atoms. The first-order valence-electron chi connectivity index (χ1n) is 19.9. The van der Waals surface area contributed by atoms with Crippen molar-refractivity contribution in [1.29, 1.82) is 0 Å². The highest BCUT2D eigenvalue weighted by Gasteiger charge is 2.25. The van der Waals surface area contributed by atoms with Crippen LogP contribution in [0, 0.1) is 0 Å². The van der Waals surface area contributed by atoms with Crippen LogP contribution in [0.2, 0.25) is 0 Å². The standard InChI is InChI=1S/C32H68N.C8H15N2.2ClH/c1-5-9-13-17-21-25-29-33(30-26-22-18-14-10-6-2,31-27-23-19-15-11-7-3)32-28-24-20-16-12-8-4;1-3-4-5-10-7-6-9(2)8-10;;/h5-32H2,1-4H3;6-8H,3-5H2,1-2H3;2*1H/q2*+1;;/p-2. The van der Waals surface area contributed by atoms with Crippen molar-refractivity contribution in [2.45, 2.75) is 208 Å². The molecule has 1 aromatic heterocycles. The molecule has 0 radical (unpaired) electrons. The van der Waals surface area contributed by atoms with Crippen molar-refractivity contribution in [3.63, 3.8) is 0 Å². The third-order valence-corrected chi connectivity index (χ3v) is 9.54. The van der Waals surface area contributed by atoms with Gasteiger partial charge in [0.2, 0.25) is 6.33 Å². The summed E-state index contributed by atoms with van der Waals surface area (Å²) in [6, 6.07) is 0. The maximum atomic E-state index is 2.34. The molecule has 0 N–H and O–H groups in total. The first kappa shape index (κ1) is 49.1. The Labute approximate surface area is 297 Å². The molecule has 5 heteroatoms. The van der Waals surface area contributed by atoms with Gasteiger partial charge in [0.05, 0.1) is 39.8 Å². The molecule has 0 amide bonds. The molecule has 0 aliphatic rings. The highest BCUT2D eigenvalue weighted by molar-refractivity contribution is 4.65. The second kappa shape index (κ2) is 38.2. The zero-order valence-electron chi connectivity index (χ0n) is 31.7. The molecule has 0 unspecified atom stereocenters. The van der Waals surface area contributed by atoms with E-state index < -0.39 is 0 Å². The van der Waals surface area contributed by atoms with E-state index in [9.17, 15) is 0 Å². The molecule has 0 fully saturated rings. The van der Waals surface area contributed by atoms with Crippen LogP contribution >= 0.6 is 0 Å². The summed E-state index contributed by atoms with van der Waals surface area (Å²) < 4.78 is 5.75. The van der Waals surface area contributed by atoms with Crippen LogP contribution in [-0.4, -0.2) is 35.2 Å². The van der Waals surface area contributed by atoms with E-state index in [2.05, 4.69) is 62.5 Å². The fraction of sp³-hybridized carbons (Fsp3) is 0.925. The Morgan fingerprint density at radius 2 is 0.711 bits per heavy atom. The molecule has 1 rings (SSSR count). The van der Waals surface area contributed by atoms with E-state index in [1.54, 1.807) is 0 Å². The molecule has 272 valence electrons. The van der Waals surface area contributed by atoms with Crippen molar-refractivity contribution in [2.24, 2.45) is 7.05 Å². The van der Waals surface area contributed by atoms with Crippen molar-refractivity contribution in [3.8, 4) is 0 Å². The summed E-state index contributed by atoms with van der Waals surface area (Å²) in [5, 5.41) is 0. The predicted molar refractivity (Wildman–Crippen MR) is 194 cm³/mol. The second-order valence-corrected chi connectivity index (χ2v) is 14.0. The van der Waals surface area contributed by atoms with Gasteiger partial charge in [-0.3, -0.25) is 0 Å². The molecule has 0 aliphatic heterocycles. The van der Waals surface area contributed by atoms with E-state index in [1.165, 1.54) is 198 Å². The minimum Gasteiger partial charge on any atom is -1.00 e. The Morgan fingerprint density at radius 1 is 0.422 bits per heavy atom. The zero-order chi connectivity index (χ0) is 31.7. The van der Waals surface area contributed by atoms with Crippen molar-refractivity contribution in [1.82, 2.24) is 4.57 Å². The van der Waals surface area contributed by atoms with Crippen LogP contribution in [0.4, 0.5) is 0 Å². The summed E-state index contributed by atoms with van der Waals surface area (Å²) in [7, 11) is 2.04. The number of halogens is 2. The van der Waals surface area contributed by atoms with E-state index in [0.717, 1.165) is 6.54 Å². The van der Waals surface area contributed by atoms with Gasteiger partial charge >= 0.3 is 0 Å². The average Bonchev–Trinajstić information content (AvgIpc) is 3.44. The van der Waals surface area contributed by atoms with Gasteiger partial charge in [-0.25, -0.2) is 9.13 Å². The normalized spacial score (nSPS) is 11.1. The molecule has 0 aliphatic carbocycles. The quantitative estimate of drug-likeness (QED) is 0.0492. The van der Waals surface area contributed by atoms with E-state index in [0.29, 0.717) is 0 Å². The van der Waals surface area contributed by atoms with Crippen molar-refractivity contribution in [2.75, 3.05) is 26.2 Å². The van der Waals surface area contributed by atoms with Crippen LogP contribution in [-0.2, 0) is 13.6 Å². The lowest BCUT2D eigenvalue weighted by atomic mass is 10.0. The minimum atomic E-state index is 0. The molecule has 0 bridgehead atoms. The summed E-state index contributed by atoms with van der Waals surface area (Å²) >= 11 is 0. The smallest absolute Gasteiger partial charge is 0.243 e. The van der Waals surface area contributed by atoms with Gasteiger partial charge < -0.3 is 29.3 Å². The first-order chi connectivity index (χ1) is 21.1. The Balaban J connectivity index is -0.00000124. The van der Waals surface area contributed by atoms with Gasteiger partial charge in [0.1, 0.15) is 12.4 Å². The molecule has 3 nitrogen and oxygen atoms in total. The lowest BCUT2D eigenvalue weighted by Crippen LogP contribution is -3.00. The van der Waals surface area contributed by atoms with Crippen LogP contribution in [0.15, 0.2) is 18.7 Å². The number of hydrogen-bond donors (Lipinski definition) is 0. The number of quaternary nitrogens is 1. The van der Waals surface area contributed by atoms with Gasteiger partial charge in [0.25, 0.3) is 0 Å². The predicted octanol–water partition coefficient (Wildman–Crippen LogP) is 6.37. The van der Waals surface area contributed by atoms with Crippen LogP contribution < -0.4 is 29.4 Å². The monoisotopic (exact) mass is 676 g/mol. The Morgan fingerprint density at radius 3 is 0.978 bits per heavy atom. The molecule has 1 aromatic rings. The summed E-state index contributed by atoms with van der Waals surface area (Å²) in [5.74, 6) is 0. The molecule has 1 heterocycles. The number of unbranched alkanes of at least 4 members (excludes halogenated alkanes) is 21. The number of aromatic nitrogens is 2. The summed E-state index contributed by atoms with van der Waals surface area (Å²) in [6.45, 7) is 18.6. The first-order valence-corrected chi connectivity index (χ1v) is 19.9. The van der Waals surface area contributed by atoms with Crippen LogP contribution in [0.1, 0.15) is 202 Å². The van der Waals surface area contributed by atoms with Gasteiger partial charge in [0, 0.05) is 0 Å². The lowest BCUT2D eigenvalue weighted by molar-refractivity contribution is -0.929. The number of imidazole rings is 1. The number of rotatable bonds is 31. The zero-order valence-corrected chi connectivity index (χ0v) is 33.3. The molecule has 0 saturated heterocycles. The van der Waals surface area contributed by atoms with Gasteiger partial charge in [-0.15, -0.1) is 0 Å². The summed E-state index contributed by atoms with van der Waals surface area (Å²) in [4.78, 5) is 0. The number of nitrogens with zero attached hydrogens (tertiary/aromatic N) is 3. The van der Waals surface area contributed by atoms with Gasteiger partial charge in [-0.05, 0) is 57.8 Å². The SMILES string of the molecule is CCCCCCCC[N+](CCCCCCCC)(CCCCCCCC)CCCCCCCC.CCCCn1cc[n+](C)c1.[Cl-].[Cl-]. The van der Waals surface area contributed by atoms with Gasteiger partial charge in [-0.1, -0.05) is 144 Å². The van der Waals surface area contributed by atoms with E-state index in [4.69, 9.17) is 0 Å². The highest BCUT2D eigenvalue weighted by Crippen LogP contribution is 2.20. The largest absolute Gasteiger partial charge is 1.00 e. The fourth-order valence-electron chi connectivity index (χ4n) is 6.56. The third kappa shape index (κ3) is 32.1. The Kier molecular flexibility index (Phi) is 41.7. The maximum absolute atomic E-state index is 2.34. The summed E-state index contributed by atoms with van der Waals surface area (Å²) in [6.07, 6.45) is 43.6. The van der Waals surface area contributed by atoms with E-state index in [-0.39, 0.29) is 24.8 Å². The molecule has 0 saturated carbocycles. The molecule has 0 spiro atoms. The second-order valence-electron chi connectivity index (χ2n) is 14.0. The maximum Gasteiger partial charge on any atom is 0.243 e.